The van der Waals surface area contributed by atoms with Crippen molar-refractivity contribution in [2.75, 3.05) is 25.2 Å². The lowest BCUT2D eigenvalue weighted by Gasteiger charge is -2.24. The molecular weight excluding hydrogens is 263 g/mol. The SMILES string of the molecule is CO[C@@H]1C[C@@H](CO)N(c2ncc(Cl)cc2Cl)C1. The Morgan fingerprint density at radius 2 is 2.35 bits per heavy atom. The molecule has 94 valence electrons. The van der Waals surface area contributed by atoms with Crippen LogP contribution in [-0.2, 0) is 4.74 Å². The molecule has 0 aliphatic carbocycles. The van der Waals surface area contributed by atoms with E-state index in [4.69, 9.17) is 27.9 Å². The highest BCUT2D eigenvalue weighted by Crippen LogP contribution is 2.32. The minimum Gasteiger partial charge on any atom is -0.394 e. The van der Waals surface area contributed by atoms with E-state index in [1.54, 1.807) is 19.4 Å². The third-order valence-electron chi connectivity index (χ3n) is 2.98. The highest BCUT2D eigenvalue weighted by molar-refractivity contribution is 6.36. The van der Waals surface area contributed by atoms with Gasteiger partial charge in [0.15, 0.2) is 0 Å². The van der Waals surface area contributed by atoms with Gasteiger partial charge in [-0.05, 0) is 12.5 Å². The summed E-state index contributed by atoms with van der Waals surface area (Å²) < 4.78 is 5.31. The van der Waals surface area contributed by atoms with Crippen molar-refractivity contribution in [3.05, 3.63) is 22.3 Å². The lowest BCUT2D eigenvalue weighted by atomic mass is 10.2. The van der Waals surface area contributed by atoms with Gasteiger partial charge in [0.05, 0.1) is 28.8 Å². The van der Waals surface area contributed by atoms with E-state index in [2.05, 4.69) is 4.98 Å². The van der Waals surface area contributed by atoms with Gasteiger partial charge < -0.3 is 14.7 Å². The summed E-state index contributed by atoms with van der Waals surface area (Å²) in [5.74, 6) is 0.648. The van der Waals surface area contributed by atoms with Gasteiger partial charge in [-0.2, -0.15) is 0 Å². The van der Waals surface area contributed by atoms with Crippen LogP contribution < -0.4 is 4.90 Å². The van der Waals surface area contributed by atoms with Crippen LogP contribution >= 0.6 is 23.2 Å². The molecule has 1 aromatic rings. The molecule has 2 atom stereocenters. The molecule has 1 saturated heterocycles. The smallest absolute Gasteiger partial charge is 0.147 e. The van der Waals surface area contributed by atoms with Crippen LogP contribution in [0.1, 0.15) is 6.42 Å². The number of halogens is 2. The summed E-state index contributed by atoms with van der Waals surface area (Å²) in [5.41, 5.74) is 0. The van der Waals surface area contributed by atoms with E-state index in [-0.39, 0.29) is 18.8 Å². The Balaban J connectivity index is 2.26. The summed E-state index contributed by atoms with van der Waals surface area (Å²) in [6.45, 7) is 0.733. The van der Waals surface area contributed by atoms with E-state index in [1.165, 1.54) is 0 Å². The van der Waals surface area contributed by atoms with Crippen LogP contribution in [0.15, 0.2) is 12.3 Å². The van der Waals surface area contributed by atoms with E-state index in [0.717, 1.165) is 6.42 Å². The van der Waals surface area contributed by atoms with Crippen LogP contribution in [0.25, 0.3) is 0 Å². The summed E-state index contributed by atoms with van der Waals surface area (Å²) in [6.07, 6.45) is 2.42. The van der Waals surface area contributed by atoms with Crippen LogP contribution in [0.4, 0.5) is 5.82 Å². The Hall–Kier alpha value is -0.550. The molecule has 0 unspecified atom stereocenters. The van der Waals surface area contributed by atoms with E-state index < -0.39 is 0 Å². The van der Waals surface area contributed by atoms with Crippen LogP contribution in [0.3, 0.4) is 0 Å². The van der Waals surface area contributed by atoms with Crippen molar-refractivity contribution in [1.82, 2.24) is 4.98 Å². The van der Waals surface area contributed by atoms with Crippen LogP contribution in [0.2, 0.25) is 10.0 Å². The van der Waals surface area contributed by atoms with E-state index in [1.807, 2.05) is 4.90 Å². The normalized spacial score (nSPS) is 24.4. The van der Waals surface area contributed by atoms with E-state index in [9.17, 15) is 5.11 Å². The molecule has 1 N–H and O–H groups in total. The van der Waals surface area contributed by atoms with Gasteiger partial charge in [0, 0.05) is 19.9 Å². The summed E-state index contributed by atoms with van der Waals surface area (Å²) in [7, 11) is 1.67. The maximum Gasteiger partial charge on any atom is 0.147 e. The van der Waals surface area contributed by atoms with Crippen molar-refractivity contribution in [3.63, 3.8) is 0 Å². The maximum atomic E-state index is 9.36. The second kappa shape index (κ2) is 5.40. The molecule has 2 heterocycles. The van der Waals surface area contributed by atoms with Crippen molar-refractivity contribution in [2.45, 2.75) is 18.6 Å². The number of rotatable bonds is 3. The molecule has 1 aliphatic heterocycles. The summed E-state index contributed by atoms with van der Waals surface area (Å²) in [4.78, 5) is 6.19. The number of methoxy groups -OCH3 is 1. The molecule has 0 spiro atoms. The second-order valence-electron chi connectivity index (χ2n) is 4.04. The molecule has 0 saturated carbocycles. The highest BCUT2D eigenvalue weighted by Gasteiger charge is 2.33. The minimum absolute atomic E-state index is 0.00822. The topological polar surface area (TPSA) is 45.6 Å². The minimum atomic E-state index is -0.00822. The van der Waals surface area contributed by atoms with E-state index in [0.29, 0.717) is 22.4 Å². The first-order valence-corrected chi connectivity index (χ1v) is 6.12. The molecule has 1 aromatic heterocycles. The van der Waals surface area contributed by atoms with Gasteiger partial charge in [-0.15, -0.1) is 0 Å². The predicted molar refractivity (Wildman–Crippen MR) is 67.9 cm³/mol. The Morgan fingerprint density at radius 1 is 1.59 bits per heavy atom. The zero-order valence-corrected chi connectivity index (χ0v) is 10.9. The molecule has 0 radical (unpaired) electrons. The number of aliphatic hydroxyl groups excluding tert-OH is 1. The fraction of sp³-hybridized carbons (Fsp3) is 0.545. The number of aromatic nitrogens is 1. The van der Waals surface area contributed by atoms with Gasteiger partial charge in [-0.1, -0.05) is 23.2 Å². The fourth-order valence-electron chi connectivity index (χ4n) is 2.10. The van der Waals surface area contributed by atoms with Crippen molar-refractivity contribution >= 4 is 29.0 Å². The van der Waals surface area contributed by atoms with Crippen molar-refractivity contribution in [3.8, 4) is 0 Å². The average molecular weight is 277 g/mol. The zero-order valence-electron chi connectivity index (χ0n) is 9.44. The van der Waals surface area contributed by atoms with Gasteiger partial charge in [-0.25, -0.2) is 4.98 Å². The first-order valence-electron chi connectivity index (χ1n) is 5.37. The number of pyridine rings is 1. The van der Waals surface area contributed by atoms with Crippen molar-refractivity contribution in [1.29, 1.82) is 0 Å². The van der Waals surface area contributed by atoms with Gasteiger partial charge in [0.25, 0.3) is 0 Å². The summed E-state index contributed by atoms with van der Waals surface area (Å²) in [6, 6.07) is 1.64. The lowest BCUT2D eigenvalue weighted by Crippen LogP contribution is -2.33. The summed E-state index contributed by atoms with van der Waals surface area (Å²) >= 11 is 11.9. The molecule has 1 aliphatic rings. The lowest BCUT2D eigenvalue weighted by molar-refractivity contribution is 0.115. The standard InChI is InChI=1S/C11H14Cl2N2O2/c1-17-9-3-8(6-16)15(5-9)11-10(13)2-7(12)4-14-11/h2,4,8-9,16H,3,5-6H2,1H3/t8-,9+/m0/s1. The molecule has 0 amide bonds. The Kier molecular flexibility index (Phi) is 4.09. The molecule has 4 nitrogen and oxygen atoms in total. The van der Waals surface area contributed by atoms with Crippen LogP contribution in [0, 0.1) is 0 Å². The van der Waals surface area contributed by atoms with Crippen molar-refractivity contribution in [2.24, 2.45) is 0 Å². The van der Waals surface area contributed by atoms with Crippen LogP contribution in [-0.4, -0.2) is 42.5 Å². The van der Waals surface area contributed by atoms with E-state index >= 15 is 0 Å². The van der Waals surface area contributed by atoms with Crippen molar-refractivity contribution < 1.29 is 9.84 Å². The number of anilines is 1. The molecule has 1 fully saturated rings. The monoisotopic (exact) mass is 276 g/mol. The Labute approximate surface area is 110 Å². The highest BCUT2D eigenvalue weighted by atomic mass is 35.5. The van der Waals surface area contributed by atoms with Gasteiger partial charge in [-0.3, -0.25) is 0 Å². The third-order valence-corrected chi connectivity index (χ3v) is 3.47. The number of aliphatic hydroxyl groups is 1. The predicted octanol–water partition coefficient (Wildman–Crippen LogP) is 1.97. The molecular formula is C11H14Cl2N2O2. The Morgan fingerprint density at radius 3 is 2.94 bits per heavy atom. The molecule has 6 heteroatoms. The third kappa shape index (κ3) is 2.65. The fourth-order valence-corrected chi connectivity index (χ4v) is 2.58. The Bertz CT molecular complexity index is 403. The molecule has 17 heavy (non-hydrogen) atoms. The molecule has 2 rings (SSSR count). The van der Waals surface area contributed by atoms with Gasteiger partial charge in [0.1, 0.15) is 5.82 Å². The second-order valence-corrected chi connectivity index (χ2v) is 4.88. The number of ether oxygens (including phenoxy) is 1. The number of hydrogen-bond acceptors (Lipinski definition) is 4. The van der Waals surface area contributed by atoms with Crippen LogP contribution in [0.5, 0.6) is 0 Å². The first kappa shape index (κ1) is 12.9. The average Bonchev–Trinajstić information content (AvgIpc) is 2.72. The quantitative estimate of drug-likeness (QED) is 0.917. The first-order chi connectivity index (χ1) is 8.15. The molecule has 0 aromatic carbocycles. The number of nitrogens with zero attached hydrogens (tertiary/aromatic N) is 2. The largest absolute Gasteiger partial charge is 0.394 e. The van der Waals surface area contributed by atoms with Gasteiger partial charge in [0.2, 0.25) is 0 Å². The zero-order chi connectivity index (χ0) is 12.4. The molecule has 0 bridgehead atoms. The number of hydrogen-bond donors (Lipinski definition) is 1. The van der Waals surface area contributed by atoms with Gasteiger partial charge >= 0.3 is 0 Å². The maximum absolute atomic E-state index is 9.36. The summed E-state index contributed by atoms with van der Waals surface area (Å²) in [5, 5.41) is 10.4.